The summed E-state index contributed by atoms with van der Waals surface area (Å²) in [5.74, 6) is -0.817. The molecule has 0 aromatic heterocycles. The predicted molar refractivity (Wildman–Crippen MR) is 185 cm³/mol. The Morgan fingerprint density at radius 2 is 1.50 bits per heavy atom. The second kappa shape index (κ2) is 15.4. The molecule has 9 heteroatoms. The molecular formula is C37H42ClN3O4S. The number of carbonyl (C=O) groups excluding carboxylic acids is 2. The van der Waals surface area contributed by atoms with E-state index in [1.165, 1.54) is 17.0 Å². The SMILES string of the molecule is CCC(C)NC(=O)C(Cc1ccccc1)N(Cc1cccc(C)c1)C(=O)CN(c1cc(Cl)ccc1C)S(=O)(=O)c1ccc(C)cc1. The van der Waals surface area contributed by atoms with Crippen molar-refractivity contribution in [2.24, 2.45) is 0 Å². The molecule has 0 bridgehead atoms. The Bertz CT molecular complexity index is 1760. The van der Waals surface area contributed by atoms with Crippen molar-refractivity contribution < 1.29 is 18.0 Å². The molecule has 2 atom stereocenters. The third-order valence-corrected chi connectivity index (χ3v) is 10.0. The fraction of sp³-hybridized carbons (Fsp3) is 0.297. The molecule has 4 aromatic carbocycles. The minimum absolute atomic E-state index is 0.0471. The molecular weight excluding hydrogens is 618 g/mol. The maximum Gasteiger partial charge on any atom is 0.264 e. The van der Waals surface area contributed by atoms with Crippen molar-refractivity contribution in [2.45, 2.75) is 71.0 Å². The van der Waals surface area contributed by atoms with Gasteiger partial charge in [0.15, 0.2) is 0 Å². The molecule has 0 aliphatic rings. The number of halogens is 1. The highest BCUT2D eigenvalue weighted by molar-refractivity contribution is 7.92. The molecule has 0 saturated heterocycles. The van der Waals surface area contributed by atoms with Gasteiger partial charge in [0.1, 0.15) is 12.6 Å². The molecule has 46 heavy (non-hydrogen) atoms. The van der Waals surface area contributed by atoms with Gasteiger partial charge in [-0.2, -0.15) is 0 Å². The molecule has 4 rings (SSSR count). The number of sulfonamides is 1. The third-order valence-electron chi connectivity index (χ3n) is 8.04. The summed E-state index contributed by atoms with van der Waals surface area (Å²) in [4.78, 5) is 30.2. The van der Waals surface area contributed by atoms with Gasteiger partial charge in [0.05, 0.1) is 10.6 Å². The lowest BCUT2D eigenvalue weighted by molar-refractivity contribution is -0.140. The number of benzene rings is 4. The van der Waals surface area contributed by atoms with Crippen molar-refractivity contribution in [1.82, 2.24) is 10.2 Å². The number of anilines is 1. The van der Waals surface area contributed by atoms with E-state index >= 15 is 0 Å². The van der Waals surface area contributed by atoms with Crippen LogP contribution in [0.4, 0.5) is 5.69 Å². The van der Waals surface area contributed by atoms with E-state index in [4.69, 9.17) is 11.6 Å². The molecule has 0 saturated carbocycles. The zero-order valence-electron chi connectivity index (χ0n) is 27.0. The molecule has 0 heterocycles. The number of carbonyl (C=O) groups is 2. The number of hydrogen-bond donors (Lipinski definition) is 1. The van der Waals surface area contributed by atoms with E-state index in [2.05, 4.69) is 5.32 Å². The van der Waals surface area contributed by atoms with Crippen LogP contribution in [0.1, 0.15) is 48.1 Å². The van der Waals surface area contributed by atoms with E-state index in [-0.39, 0.29) is 29.8 Å². The smallest absolute Gasteiger partial charge is 0.264 e. The molecule has 0 radical (unpaired) electrons. The summed E-state index contributed by atoms with van der Waals surface area (Å²) < 4.78 is 29.7. The highest BCUT2D eigenvalue weighted by Gasteiger charge is 2.35. The Morgan fingerprint density at radius 1 is 0.826 bits per heavy atom. The maximum absolute atomic E-state index is 14.6. The standard InChI is InChI=1S/C37H42ClN3O4S/c1-6-29(5)39-37(43)35(22-30-12-8-7-9-13-30)40(24-31-14-10-11-27(3)21-31)36(42)25-41(34-23-32(38)18-17-28(34)4)46(44,45)33-19-15-26(2)16-20-33/h7-21,23,29,35H,6,22,24-25H2,1-5H3,(H,39,43). The number of hydrogen-bond acceptors (Lipinski definition) is 4. The Kier molecular flexibility index (Phi) is 11.7. The van der Waals surface area contributed by atoms with E-state index in [1.807, 2.05) is 82.3 Å². The predicted octanol–water partition coefficient (Wildman–Crippen LogP) is 7.02. The first-order chi connectivity index (χ1) is 21.9. The quantitative estimate of drug-likeness (QED) is 0.167. The van der Waals surface area contributed by atoms with Gasteiger partial charge in [-0.3, -0.25) is 13.9 Å². The fourth-order valence-electron chi connectivity index (χ4n) is 5.20. The van der Waals surface area contributed by atoms with Gasteiger partial charge in [-0.15, -0.1) is 0 Å². The van der Waals surface area contributed by atoms with Crippen LogP contribution in [0.3, 0.4) is 0 Å². The van der Waals surface area contributed by atoms with Crippen LogP contribution in [0.2, 0.25) is 5.02 Å². The summed E-state index contributed by atoms with van der Waals surface area (Å²) in [5, 5.41) is 3.40. The van der Waals surface area contributed by atoms with Gasteiger partial charge >= 0.3 is 0 Å². The van der Waals surface area contributed by atoms with Crippen LogP contribution in [0, 0.1) is 20.8 Å². The van der Waals surface area contributed by atoms with Crippen molar-refractivity contribution in [3.63, 3.8) is 0 Å². The maximum atomic E-state index is 14.6. The first-order valence-electron chi connectivity index (χ1n) is 15.4. The van der Waals surface area contributed by atoms with Crippen molar-refractivity contribution in [3.8, 4) is 0 Å². The number of aryl methyl sites for hydroxylation is 3. The molecule has 0 spiro atoms. The summed E-state index contributed by atoms with van der Waals surface area (Å²) in [6, 6.07) is 27.7. The molecule has 0 aliphatic heterocycles. The lowest BCUT2D eigenvalue weighted by Crippen LogP contribution is -2.54. The van der Waals surface area contributed by atoms with Gasteiger partial charge in [0.25, 0.3) is 10.0 Å². The molecule has 1 N–H and O–H groups in total. The van der Waals surface area contributed by atoms with Gasteiger partial charge in [-0.25, -0.2) is 8.42 Å². The lowest BCUT2D eigenvalue weighted by atomic mass is 10.0. The van der Waals surface area contributed by atoms with E-state index < -0.39 is 28.5 Å². The highest BCUT2D eigenvalue weighted by Crippen LogP contribution is 2.30. The van der Waals surface area contributed by atoms with Crippen LogP contribution >= 0.6 is 11.6 Å². The lowest BCUT2D eigenvalue weighted by Gasteiger charge is -2.34. The number of rotatable bonds is 13. The minimum atomic E-state index is -4.22. The topological polar surface area (TPSA) is 86.8 Å². The van der Waals surface area contributed by atoms with Crippen LogP contribution in [-0.4, -0.2) is 43.8 Å². The summed E-state index contributed by atoms with van der Waals surface area (Å²) >= 11 is 6.37. The highest BCUT2D eigenvalue weighted by atomic mass is 35.5. The summed E-state index contributed by atoms with van der Waals surface area (Å²) in [5.41, 5.74) is 4.54. The fourth-order valence-corrected chi connectivity index (χ4v) is 6.84. The second-order valence-corrected chi connectivity index (χ2v) is 14.1. The molecule has 242 valence electrons. The van der Waals surface area contributed by atoms with Gasteiger partial charge in [0.2, 0.25) is 11.8 Å². The van der Waals surface area contributed by atoms with Gasteiger partial charge < -0.3 is 10.2 Å². The molecule has 0 fully saturated rings. The van der Waals surface area contributed by atoms with Crippen LogP contribution in [0.25, 0.3) is 0 Å². The van der Waals surface area contributed by atoms with Crippen LogP contribution in [0.15, 0.2) is 102 Å². The van der Waals surface area contributed by atoms with Crippen molar-refractivity contribution >= 4 is 39.1 Å². The second-order valence-electron chi connectivity index (χ2n) is 11.8. The van der Waals surface area contributed by atoms with E-state index in [1.54, 1.807) is 37.3 Å². The van der Waals surface area contributed by atoms with Crippen molar-refractivity contribution in [2.75, 3.05) is 10.8 Å². The number of nitrogens with one attached hydrogen (secondary N) is 1. The van der Waals surface area contributed by atoms with Crippen LogP contribution in [0.5, 0.6) is 0 Å². The first-order valence-corrected chi connectivity index (χ1v) is 17.3. The van der Waals surface area contributed by atoms with Gasteiger partial charge in [-0.05, 0) is 75.1 Å². The average Bonchev–Trinajstić information content (AvgIpc) is 3.03. The van der Waals surface area contributed by atoms with Gasteiger partial charge in [-0.1, -0.05) is 102 Å². The van der Waals surface area contributed by atoms with Crippen molar-refractivity contribution in [3.05, 3.63) is 130 Å². The monoisotopic (exact) mass is 659 g/mol. The normalized spacial score (nSPS) is 12.7. The molecule has 2 amide bonds. The third kappa shape index (κ3) is 8.77. The van der Waals surface area contributed by atoms with E-state index in [9.17, 15) is 18.0 Å². The average molecular weight is 660 g/mol. The zero-order valence-corrected chi connectivity index (χ0v) is 28.6. The Labute approximate surface area is 278 Å². The zero-order chi connectivity index (χ0) is 33.4. The molecule has 0 aliphatic carbocycles. The first kappa shape index (κ1) is 34.7. The summed E-state index contributed by atoms with van der Waals surface area (Å²) in [6.07, 6.45) is 0.966. The number of nitrogens with zero attached hydrogens (tertiary/aromatic N) is 2. The van der Waals surface area contributed by atoms with Crippen molar-refractivity contribution in [1.29, 1.82) is 0 Å². The molecule has 2 unspecified atom stereocenters. The van der Waals surface area contributed by atoms with E-state index in [0.717, 1.165) is 26.6 Å². The molecule has 4 aromatic rings. The largest absolute Gasteiger partial charge is 0.352 e. The Balaban J connectivity index is 1.84. The molecule has 7 nitrogen and oxygen atoms in total. The summed E-state index contributed by atoms with van der Waals surface area (Å²) in [7, 11) is -4.22. The Morgan fingerprint density at radius 3 is 2.15 bits per heavy atom. The Hall–Kier alpha value is -4.14. The van der Waals surface area contributed by atoms with Crippen LogP contribution in [-0.2, 0) is 32.6 Å². The van der Waals surface area contributed by atoms with Crippen LogP contribution < -0.4 is 9.62 Å². The van der Waals surface area contributed by atoms with E-state index in [0.29, 0.717) is 22.7 Å². The number of amides is 2. The summed E-state index contributed by atoms with van der Waals surface area (Å²) in [6.45, 7) is 9.08. The van der Waals surface area contributed by atoms with Gasteiger partial charge in [0, 0.05) is 24.0 Å². The minimum Gasteiger partial charge on any atom is -0.352 e.